The molecule has 5 nitrogen and oxygen atoms in total. The Kier molecular flexibility index (Phi) is 5.60. The summed E-state index contributed by atoms with van der Waals surface area (Å²) in [5, 5.41) is 3.07. The van der Waals surface area contributed by atoms with Crippen molar-refractivity contribution in [3.63, 3.8) is 0 Å². The van der Waals surface area contributed by atoms with Crippen molar-refractivity contribution < 1.29 is 13.9 Å². The highest BCUT2D eigenvalue weighted by atomic mass is 19.1. The van der Waals surface area contributed by atoms with Crippen LogP contribution >= 0.6 is 0 Å². The predicted molar refractivity (Wildman–Crippen MR) is 92.7 cm³/mol. The number of nitrogens with one attached hydrogen (secondary N) is 1. The van der Waals surface area contributed by atoms with Gasteiger partial charge in [0.15, 0.2) is 0 Å². The molecule has 132 valence electrons. The van der Waals surface area contributed by atoms with Gasteiger partial charge in [-0.2, -0.15) is 0 Å². The van der Waals surface area contributed by atoms with E-state index in [-0.39, 0.29) is 24.2 Å². The molecule has 1 aromatic heterocycles. The van der Waals surface area contributed by atoms with Gasteiger partial charge in [-0.15, -0.1) is 0 Å². The van der Waals surface area contributed by atoms with Crippen LogP contribution in [0.4, 0.5) is 4.39 Å². The number of hydrogen-bond donors (Lipinski definition) is 1. The smallest absolute Gasteiger partial charge is 0.224 e. The first-order valence-electron chi connectivity index (χ1n) is 8.37. The van der Waals surface area contributed by atoms with Crippen LogP contribution in [0.2, 0.25) is 0 Å². The van der Waals surface area contributed by atoms with Crippen molar-refractivity contribution in [2.75, 3.05) is 20.2 Å². The fourth-order valence-corrected chi connectivity index (χ4v) is 3.04. The lowest BCUT2D eigenvalue weighted by molar-refractivity contribution is -0.121. The maximum Gasteiger partial charge on any atom is 0.224 e. The van der Waals surface area contributed by atoms with Crippen molar-refractivity contribution in [2.24, 2.45) is 0 Å². The molecule has 1 fully saturated rings. The molecule has 0 saturated carbocycles. The van der Waals surface area contributed by atoms with E-state index in [1.165, 1.54) is 12.1 Å². The highest BCUT2D eigenvalue weighted by molar-refractivity contribution is 5.78. The number of aromatic nitrogens is 1. The second kappa shape index (κ2) is 8.07. The van der Waals surface area contributed by atoms with Crippen LogP contribution in [0.1, 0.15) is 17.5 Å². The molecule has 1 atom stereocenters. The molecule has 0 radical (unpaired) electrons. The molecule has 0 aliphatic carbocycles. The third-order valence-corrected chi connectivity index (χ3v) is 4.33. The fourth-order valence-electron chi connectivity index (χ4n) is 3.04. The molecular formula is C19H22FN3O2. The van der Waals surface area contributed by atoms with E-state index in [4.69, 9.17) is 4.74 Å². The third-order valence-electron chi connectivity index (χ3n) is 4.33. The largest absolute Gasteiger partial charge is 0.481 e. The number of likely N-dealkylation sites (tertiary alicyclic amines) is 1. The van der Waals surface area contributed by atoms with Gasteiger partial charge in [0.2, 0.25) is 11.8 Å². The van der Waals surface area contributed by atoms with Gasteiger partial charge in [0, 0.05) is 37.9 Å². The van der Waals surface area contributed by atoms with Gasteiger partial charge in [-0.1, -0.05) is 18.2 Å². The number of nitrogens with zero attached hydrogens (tertiary/aromatic N) is 2. The number of halogens is 1. The van der Waals surface area contributed by atoms with E-state index in [0.29, 0.717) is 5.88 Å². The first-order chi connectivity index (χ1) is 12.1. The Hall–Kier alpha value is -2.47. The SMILES string of the molecule is COc1ccc(CN2CC[C@@H](NC(=O)Cc3ccc(F)cc3)C2)cn1. The number of ether oxygens (including phenoxy) is 1. The van der Waals surface area contributed by atoms with Gasteiger partial charge in [-0.3, -0.25) is 9.69 Å². The van der Waals surface area contributed by atoms with Crippen LogP contribution in [0.15, 0.2) is 42.6 Å². The summed E-state index contributed by atoms with van der Waals surface area (Å²) in [6, 6.07) is 10.1. The van der Waals surface area contributed by atoms with Crippen molar-refractivity contribution in [3.8, 4) is 5.88 Å². The van der Waals surface area contributed by atoms with Crippen LogP contribution in [-0.4, -0.2) is 42.0 Å². The Balaban J connectivity index is 1.45. The highest BCUT2D eigenvalue weighted by Crippen LogP contribution is 2.15. The van der Waals surface area contributed by atoms with Crippen LogP contribution in [0.25, 0.3) is 0 Å². The zero-order valence-corrected chi connectivity index (χ0v) is 14.2. The molecule has 6 heteroatoms. The van der Waals surface area contributed by atoms with Crippen LogP contribution in [0.3, 0.4) is 0 Å². The number of carbonyl (C=O) groups excluding carboxylic acids is 1. The lowest BCUT2D eigenvalue weighted by atomic mass is 10.1. The Labute approximate surface area is 146 Å². The summed E-state index contributed by atoms with van der Waals surface area (Å²) < 4.78 is 18.0. The van der Waals surface area contributed by atoms with Gasteiger partial charge >= 0.3 is 0 Å². The van der Waals surface area contributed by atoms with Crippen LogP contribution in [0, 0.1) is 5.82 Å². The van der Waals surface area contributed by atoms with E-state index < -0.39 is 0 Å². The standard InChI is InChI=1S/C19H22FN3O2/c1-25-19-7-4-15(11-21-19)12-23-9-8-17(13-23)22-18(24)10-14-2-5-16(20)6-3-14/h2-7,11,17H,8-10,12-13H2,1H3,(H,22,24)/t17-/m1/s1. The molecule has 0 unspecified atom stereocenters. The molecule has 25 heavy (non-hydrogen) atoms. The zero-order valence-electron chi connectivity index (χ0n) is 14.2. The maximum atomic E-state index is 12.9. The summed E-state index contributed by atoms with van der Waals surface area (Å²) in [4.78, 5) is 18.7. The van der Waals surface area contributed by atoms with E-state index in [1.54, 1.807) is 19.2 Å². The quantitative estimate of drug-likeness (QED) is 0.873. The molecular weight excluding hydrogens is 321 g/mol. The van der Waals surface area contributed by atoms with Crippen molar-refractivity contribution >= 4 is 5.91 Å². The first-order valence-corrected chi connectivity index (χ1v) is 8.37. The van der Waals surface area contributed by atoms with Gasteiger partial charge in [0.25, 0.3) is 0 Å². The molecule has 0 spiro atoms. The molecule has 1 N–H and O–H groups in total. The van der Waals surface area contributed by atoms with Gasteiger partial charge in [-0.25, -0.2) is 9.37 Å². The van der Waals surface area contributed by atoms with Crippen LogP contribution in [0.5, 0.6) is 5.88 Å². The number of methoxy groups -OCH3 is 1. The van der Waals surface area contributed by atoms with Crippen molar-refractivity contribution in [1.82, 2.24) is 15.2 Å². The minimum absolute atomic E-state index is 0.0235. The van der Waals surface area contributed by atoms with Gasteiger partial charge in [0.1, 0.15) is 5.82 Å². The molecule has 3 rings (SSSR count). The molecule has 0 bridgehead atoms. The Bertz CT molecular complexity index is 704. The number of hydrogen-bond acceptors (Lipinski definition) is 4. The van der Waals surface area contributed by atoms with E-state index in [1.807, 2.05) is 18.3 Å². The highest BCUT2D eigenvalue weighted by Gasteiger charge is 2.23. The molecule has 1 aromatic carbocycles. The Morgan fingerprint density at radius 1 is 1.28 bits per heavy atom. The molecule has 1 aliphatic rings. The summed E-state index contributed by atoms with van der Waals surface area (Å²) in [6.07, 6.45) is 3.02. The number of benzene rings is 1. The monoisotopic (exact) mass is 343 g/mol. The zero-order chi connectivity index (χ0) is 17.6. The van der Waals surface area contributed by atoms with Gasteiger partial charge in [-0.05, 0) is 29.7 Å². The molecule has 1 saturated heterocycles. The molecule has 2 heterocycles. The molecule has 2 aromatic rings. The average molecular weight is 343 g/mol. The third kappa shape index (κ3) is 5.00. The van der Waals surface area contributed by atoms with Gasteiger partial charge < -0.3 is 10.1 Å². The molecule has 1 amide bonds. The lowest BCUT2D eigenvalue weighted by Crippen LogP contribution is -2.37. The summed E-state index contributed by atoms with van der Waals surface area (Å²) >= 11 is 0. The molecule has 1 aliphatic heterocycles. The van der Waals surface area contributed by atoms with Crippen LogP contribution < -0.4 is 10.1 Å². The van der Waals surface area contributed by atoms with Crippen molar-refractivity contribution in [1.29, 1.82) is 0 Å². The van der Waals surface area contributed by atoms with E-state index in [2.05, 4.69) is 15.2 Å². The lowest BCUT2D eigenvalue weighted by Gasteiger charge is -2.17. The van der Waals surface area contributed by atoms with E-state index in [0.717, 1.165) is 37.2 Å². The average Bonchev–Trinajstić information content (AvgIpc) is 3.04. The fraction of sp³-hybridized carbons (Fsp3) is 0.368. The Morgan fingerprint density at radius 2 is 2.04 bits per heavy atom. The second-order valence-corrected chi connectivity index (χ2v) is 6.30. The minimum atomic E-state index is -0.288. The van der Waals surface area contributed by atoms with E-state index >= 15 is 0 Å². The Morgan fingerprint density at radius 3 is 2.72 bits per heavy atom. The number of carbonyl (C=O) groups is 1. The summed E-state index contributed by atoms with van der Waals surface area (Å²) in [7, 11) is 1.60. The topological polar surface area (TPSA) is 54.5 Å². The van der Waals surface area contributed by atoms with Crippen molar-refractivity contribution in [2.45, 2.75) is 25.4 Å². The van der Waals surface area contributed by atoms with E-state index in [9.17, 15) is 9.18 Å². The first kappa shape index (κ1) is 17.4. The number of rotatable bonds is 6. The number of amides is 1. The van der Waals surface area contributed by atoms with Crippen molar-refractivity contribution in [3.05, 3.63) is 59.5 Å². The summed E-state index contributed by atoms with van der Waals surface area (Å²) in [5.41, 5.74) is 1.94. The van der Waals surface area contributed by atoms with Gasteiger partial charge in [0.05, 0.1) is 13.5 Å². The summed E-state index contributed by atoms with van der Waals surface area (Å²) in [6.45, 7) is 2.57. The maximum absolute atomic E-state index is 12.9. The second-order valence-electron chi connectivity index (χ2n) is 6.30. The minimum Gasteiger partial charge on any atom is -0.481 e. The number of pyridine rings is 1. The predicted octanol–water partition coefficient (Wildman–Crippen LogP) is 2.16. The normalized spacial score (nSPS) is 17.4. The van der Waals surface area contributed by atoms with Crippen LogP contribution in [-0.2, 0) is 17.8 Å². The summed E-state index contributed by atoms with van der Waals surface area (Å²) in [5.74, 6) is 0.296.